The molecule has 0 saturated heterocycles. The van der Waals surface area contributed by atoms with Gasteiger partial charge in [-0.1, -0.05) is 32.0 Å². The van der Waals surface area contributed by atoms with E-state index >= 15 is 0 Å². The first-order valence-corrected chi connectivity index (χ1v) is 8.90. The van der Waals surface area contributed by atoms with Crippen molar-refractivity contribution in [3.8, 4) is 0 Å². The van der Waals surface area contributed by atoms with Crippen LogP contribution in [0, 0.1) is 6.92 Å². The predicted octanol–water partition coefficient (Wildman–Crippen LogP) is 4.17. The maximum Gasteiger partial charge on any atom is 0.275 e. The maximum absolute atomic E-state index is 12.6. The largest absolute Gasteiger partial charge is 0.365 e. The second-order valence-corrected chi connectivity index (χ2v) is 6.64. The summed E-state index contributed by atoms with van der Waals surface area (Å²) in [5, 5.41) is 6.16. The number of anilines is 2. The number of nitrogens with zero attached hydrogens (tertiary/aromatic N) is 3. The van der Waals surface area contributed by atoms with E-state index in [9.17, 15) is 4.79 Å². The van der Waals surface area contributed by atoms with Crippen LogP contribution in [0.2, 0.25) is 0 Å². The number of aryl methyl sites for hydroxylation is 1. The van der Waals surface area contributed by atoms with Crippen LogP contribution >= 0.6 is 0 Å². The lowest BCUT2D eigenvalue weighted by Gasteiger charge is -2.16. The third-order valence-electron chi connectivity index (χ3n) is 4.27. The Labute approximate surface area is 159 Å². The molecule has 0 aliphatic carbocycles. The molecule has 1 amide bonds. The Balaban J connectivity index is 1.68. The van der Waals surface area contributed by atoms with Gasteiger partial charge in [-0.15, -0.1) is 0 Å². The zero-order chi connectivity index (χ0) is 19.2. The zero-order valence-electron chi connectivity index (χ0n) is 15.7. The molecule has 0 aliphatic heterocycles. The van der Waals surface area contributed by atoms with Crippen LogP contribution in [0.15, 0.2) is 55.1 Å². The minimum atomic E-state index is -0.264. The summed E-state index contributed by atoms with van der Waals surface area (Å²) in [6, 6.07) is 9.88. The molecular weight excluding hydrogens is 338 g/mol. The molecule has 3 rings (SSSR count). The summed E-state index contributed by atoms with van der Waals surface area (Å²) in [4.78, 5) is 25.1. The highest BCUT2D eigenvalue weighted by molar-refractivity contribution is 6.03. The molecule has 2 N–H and O–H groups in total. The molecule has 138 valence electrons. The van der Waals surface area contributed by atoms with Gasteiger partial charge in [-0.05, 0) is 41.7 Å². The van der Waals surface area contributed by atoms with Gasteiger partial charge in [0, 0.05) is 24.6 Å². The maximum atomic E-state index is 12.6. The van der Waals surface area contributed by atoms with Gasteiger partial charge in [-0.3, -0.25) is 9.78 Å². The van der Waals surface area contributed by atoms with E-state index in [0.29, 0.717) is 18.3 Å². The SMILES string of the molecule is Cc1cccc(C(C)C)c1NC(=O)c1cnc(NCc2ccncc2)cn1. The average Bonchev–Trinajstić information content (AvgIpc) is 2.69. The number of carbonyl (C=O) groups is 1. The first-order chi connectivity index (χ1) is 13.0. The fourth-order valence-corrected chi connectivity index (χ4v) is 2.75. The van der Waals surface area contributed by atoms with Gasteiger partial charge in [-0.2, -0.15) is 0 Å². The molecular formula is C21H23N5O. The van der Waals surface area contributed by atoms with Crippen molar-refractivity contribution in [3.63, 3.8) is 0 Å². The summed E-state index contributed by atoms with van der Waals surface area (Å²) >= 11 is 0. The number of hydrogen-bond acceptors (Lipinski definition) is 5. The van der Waals surface area contributed by atoms with Gasteiger partial charge in [0.05, 0.1) is 12.4 Å². The van der Waals surface area contributed by atoms with E-state index in [2.05, 4.69) is 39.4 Å². The predicted molar refractivity (Wildman–Crippen MR) is 107 cm³/mol. The minimum Gasteiger partial charge on any atom is -0.365 e. The number of amides is 1. The lowest BCUT2D eigenvalue weighted by molar-refractivity contribution is 0.102. The summed E-state index contributed by atoms with van der Waals surface area (Å²) in [7, 11) is 0. The van der Waals surface area contributed by atoms with Crippen molar-refractivity contribution < 1.29 is 4.79 Å². The average molecular weight is 361 g/mol. The Morgan fingerprint density at radius 2 is 1.85 bits per heavy atom. The smallest absolute Gasteiger partial charge is 0.275 e. The molecule has 6 heteroatoms. The van der Waals surface area contributed by atoms with E-state index in [0.717, 1.165) is 22.4 Å². The Morgan fingerprint density at radius 1 is 1.07 bits per heavy atom. The number of nitrogens with one attached hydrogen (secondary N) is 2. The van der Waals surface area contributed by atoms with Crippen LogP contribution in [0.1, 0.15) is 46.9 Å². The van der Waals surface area contributed by atoms with Gasteiger partial charge in [0.15, 0.2) is 0 Å². The van der Waals surface area contributed by atoms with Crippen LogP contribution in [0.5, 0.6) is 0 Å². The number of aromatic nitrogens is 3. The second kappa shape index (κ2) is 8.40. The summed E-state index contributed by atoms with van der Waals surface area (Å²) in [6.45, 7) is 6.81. The van der Waals surface area contributed by atoms with Crippen molar-refractivity contribution in [3.05, 3.63) is 77.5 Å². The monoisotopic (exact) mass is 361 g/mol. The quantitative estimate of drug-likeness (QED) is 0.689. The molecule has 0 fully saturated rings. The molecule has 0 radical (unpaired) electrons. The van der Waals surface area contributed by atoms with Gasteiger partial charge >= 0.3 is 0 Å². The normalized spacial score (nSPS) is 10.7. The standard InChI is InChI=1S/C21H23N5O/c1-14(2)17-6-4-5-15(3)20(17)26-21(27)18-12-25-19(13-23-18)24-11-16-7-9-22-10-8-16/h4-10,12-14H,11H2,1-3H3,(H,24,25)(H,26,27). The number of pyridine rings is 1. The Morgan fingerprint density at radius 3 is 2.52 bits per heavy atom. The highest BCUT2D eigenvalue weighted by Gasteiger charge is 2.14. The van der Waals surface area contributed by atoms with E-state index in [1.54, 1.807) is 18.6 Å². The third kappa shape index (κ3) is 4.67. The first-order valence-electron chi connectivity index (χ1n) is 8.90. The van der Waals surface area contributed by atoms with Crippen molar-refractivity contribution in [1.29, 1.82) is 0 Å². The third-order valence-corrected chi connectivity index (χ3v) is 4.27. The number of benzene rings is 1. The summed E-state index contributed by atoms with van der Waals surface area (Å²) in [5.41, 5.74) is 4.35. The van der Waals surface area contributed by atoms with Crippen LogP contribution in [0.25, 0.3) is 0 Å². The molecule has 0 unspecified atom stereocenters. The van der Waals surface area contributed by atoms with Crippen molar-refractivity contribution in [2.75, 3.05) is 10.6 Å². The van der Waals surface area contributed by atoms with E-state index in [-0.39, 0.29) is 11.6 Å². The first kappa shape index (κ1) is 18.5. The zero-order valence-corrected chi connectivity index (χ0v) is 15.7. The molecule has 0 aliphatic rings. The topological polar surface area (TPSA) is 79.8 Å². The van der Waals surface area contributed by atoms with E-state index in [4.69, 9.17) is 0 Å². The molecule has 3 aromatic rings. The van der Waals surface area contributed by atoms with Crippen LogP contribution in [0.3, 0.4) is 0 Å². The fourth-order valence-electron chi connectivity index (χ4n) is 2.75. The van der Waals surface area contributed by atoms with Crippen LogP contribution < -0.4 is 10.6 Å². The van der Waals surface area contributed by atoms with Gasteiger partial charge in [0.25, 0.3) is 5.91 Å². The highest BCUT2D eigenvalue weighted by Crippen LogP contribution is 2.27. The highest BCUT2D eigenvalue weighted by atomic mass is 16.1. The molecule has 2 aromatic heterocycles. The van der Waals surface area contributed by atoms with Crippen molar-refractivity contribution in [2.24, 2.45) is 0 Å². The molecule has 0 spiro atoms. The Kier molecular flexibility index (Phi) is 5.76. The van der Waals surface area contributed by atoms with Crippen molar-refractivity contribution in [2.45, 2.75) is 33.2 Å². The van der Waals surface area contributed by atoms with Gasteiger partial charge in [-0.25, -0.2) is 9.97 Å². The number of rotatable bonds is 6. The molecule has 0 atom stereocenters. The van der Waals surface area contributed by atoms with Gasteiger partial charge in [0.1, 0.15) is 11.5 Å². The summed E-state index contributed by atoms with van der Waals surface area (Å²) < 4.78 is 0. The van der Waals surface area contributed by atoms with E-state index < -0.39 is 0 Å². The molecule has 1 aromatic carbocycles. The Hall–Kier alpha value is -3.28. The minimum absolute atomic E-state index is 0.264. The molecule has 27 heavy (non-hydrogen) atoms. The van der Waals surface area contributed by atoms with Gasteiger partial charge < -0.3 is 10.6 Å². The number of hydrogen-bond donors (Lipinski definition) is 2. The molecule has 2 heterocycles. The summed E-state index contributed by atoms with van der Waals surface area (Å²) in [5.74, 6) is 0.660. The molecule has 0 saturated carbocycles. The van der Waals surface area contributed by atoms with Crippen LogP contribution in [0.4, 0.5) is 11.5 Å². The Bertz CT molecular complexity index is 908. The lowest BCUT2D eigenvalue weighted by atomic mass is 9.98. The van der Waals surface area contributed by atoms with Crippen LogP contribution in [-0.4, -0.2) is 20.9 Å². The van der Waals surface area contributed by atoms with E-state index in [1.165, 1.54) is 6.20 Å². The molecule has 0 bridgehead atoms. The summed E-state index contributed by atoms with van der Waals surface area (Å²) in [6.07, 6.45) is 6.54. The van der Waals surface area contributed by atoms with Crippen molar-refractivity contribution in [1.82, 2.24) is 15.0 Å². The number of carbonyl (C=O) groups excluding carboxylic acids is 1. The fraction of sp³-hybridized carbons (Fsp3) is 0.238. The molecule has 6 nitrogen and oxygen atoms in total. The number of para-hydroxylation sites is 1. The van der Waals surface area contributed by atoms with E-state index in [1.807, 2.05) is 37.3 Å². The van der Waals surface area contributed by atoms with Crippen molar-refractivity contribution >= 4 is 17.4 Å². The van der Waals surface area contributed by atoms with Gasteiger partial charge in [0.2, 0.25) is 0 Å². The lowest BCUT2D eigenvalue weighted by Crippen LogP contribution is -2.17. The second-order valence-electron chi connectivity index (χ2n) is 6.64. The van der Waals surface area contributed by atoms with Crippen LogP contribution in [-0.2, 0) is 6.54 Å².